The molecule has 192 valence electrons. The Balaban J connectivity index is 1.93. The van der Waals surface area contributed by atoms with Crippen LogP contribution >= 0.6 is 15.9 Å². The number of fused-ring (bicyclic) bond motifs is 1. The van der Waals surface area contributed by atoms with Crippen molar-refractivity contribution in [2.24, 2.45) is 4.40 Å². The van der Waals surface area contributed by atoms with Gasteiger partial charge in [0.05, 0.1) is 18.8 Å². The Morgan fingerprint density at radius 2 is 1.59 bits per heavy atom. The van der Waals surface area contributed by atoms with Gasteiger partial charge in [-0.15, -0.1) is 4.40 Å². The first-order chi connectivity index (χ1) is 17.8. The van der Waals surface area contributed by atoms with Gasteiger partial charge in [0.2, 0.25) is 0 Å². The van der Waals surface area contributed by atoms with Gasteiger partial charge in [0.1, 0.15) is 21.9 Å². The van der Waals surface area contributed by atoms with Gasteiger partial charge >= 0.3 is 0 Å². The molecule has 3 aromatic carbocycles. The summed E-state index contributed by atoms with van der Waals surface area (Å²) in [5, 5.41) is 0. The molecule has 2 aliphatic rings. The Morgan fingerprint density at radius 1 is 0.973 bits per heavy atom. The molecule has 5 rings (SSSR count). The predicted molar refractivity (Wildman–Crippen MR) is 152 cm³/mol. The van der Waals surface area contributed by atoms with E-state index in [9.17, 15) is 8.42 Å². The smallest absolute Gasteiger partial charge is 0.283 e. The van der Waals surface area contributed by atoms with E-state index in [-0.39, 0.29) is 6.04 Å². The van der Waals surface area contributed by atoms with Gasteiger partial charge in [0, 0.05) is 24.6 Å². The molecule has 0 aromatic heterocycles. The molecule has 37 heavy (non-hydrogen) atoms. The van der Waals surface area contributed by atoms with Crippen molar-refractivity contribution >= 4 is 37.5 Å². The zero-order chi connectivity index (χ0) is 26.4. The molecule has 8 heteroatoms. The molecule has 2 aliphatic heterocycles. The minimum absolute atomic E-state index is 0.325. The second-order valence-electron chi connectivity index (χ2n) is 9.21. The van der Waals surface area contributed by atoms with Crippen LogP contribution in [-0.4, -0.2) is 51.3 Å². The molecule has 0 unspecified atom stereocenters. The average Bonchev–Trinajstić information content (AvgIpc) is 3.32. The third-order valence-electron chi connectivity index (χ3n) is 7.38. The summed E-state index contributed by atoms with van der Waals surface area (Å²) >= 11 is 3.52. The number of halogens is 1. The largest absolute Gasteiger partial charge is 0.497 e. The highest BCUT2D eigenvalue weighted by atomic mass is 79.9. The number of hydrogen-bond donors (Lipinski definition) is 0. The van der Waals surface area contributed by atoms with Crippen molar-refractivity contribution in [2.75, 3.05) is 27.2 Å². The Labute approximate surface area is 227 Å². The minimum Gasteiger partial charge on any atom is -0.497 e. The van der Waals surface area contributed by atoms with E-state index in [2.05, 4.69) is 42.3 Å². The predicted octanol–water partition coefficient (Wildman–Crippen LogP) is 5.83. The number of rotatable bonds is 6. The Bertz CT molecular complexity index is 1470. The molecule has 0 radical (unpaired) electrons. The van der Waals surface area contributed by atoms with Crippen molar-refractivity contribution in [1.29, 1.82) is 0 Å². The highest BCUT2D eigenvalue weighted by Gasteiger charge is 2.65. The van der Waals surface area contributed by atoms with Crippen LogP contribution in [0.2, 0.25) is 0 Å². The average molecular weight is 581 g/mol. The maximum atomic E-state index is 14.1. The normalized spacial score (nSPS) is 22.1. The fraction of sp³-hybridized carbons (Fsp3) is 0.276. The molecule has 2 atom stereocenters. The van der Waals surface area contributed by atoms with E-state index in [1.807, 2.05) is 87.6 Å². The lowest BCUT2D eigenvalue weighted by molar-refractivity contribution is 0.305. The first kappa shape index (κ1) is 25.5. The van der Waals surface area contributed by atoms with Crippen molar-refractivity contribution in [3.8, 4) is 5.75 Å². The van der Waals surface area contributed by atoms with Gasteiger partial charge in [-0.05, 0) is 54.8 Å². The van der Waals surface area contributed by atoms with Crippen LogP contribution < -0.4 is 4.74 Å². The monoisotopic (exact) mass is 579 g/mol. The summed E-state index contributed by atoms with van der Waals surface area (Å²) in [6.07, 6.45) is 0. The first-order valence-electron chi connectivity index (χ1n) is 12.3. The zero-order valence-electron chi connectivity index (χ0n) is 21.3. The number of amidine groups is 1. The van der Waals surface area contributed by atoms with Crippen LogP contribution in [0.3, 0.4) is 0 Å². The van der Waals surface area contributed by atoms with Gasteiger partial charge in [0.25, 0.3) is 10.0 Å². The van der Waals surface area contributed by atoms with E-state index >= 15 is 0 Å². The van der Waals surface area contributed by atoms with E-state index in [1.54, 1.807) is 7.11 Å². The van der Waals surface area contributed by atoms with Crippen LogP contribution in [0.15, 0.2) is 92.6 Å². The Hall–Kier alpha value is -3.10. The molecule has 0 saturated heterocycles. The van der Waals surface area contributed by atoms with Crippen molar-refractivity contribution in [3.63, 3.8) is 0 Å². The van der Waals surface area contributed by atoms with Crippen LogP contribution in [0.4, 0.5) is 0 Å². The highest BCUT2D eigenvalue weighted by molar-refractivity contribution is 9.10. The molecule has 0 aliphatic carbocycles. The highest BCUT2D eigenvalue weighted by Crippen LogP contribution is 2.61. The fourth-order valence-electron chi connectivity index (χ4n) is 5.83. The van der Waals surface area contributed by atoms with Gasteiger partial charge in [-0.1, -0.05) is 70.5 Å². The molecule has 0 bridgehead atoms. The van der Waals surface area contributed by atoms with Gasteiger partial charge in [-0.25, -0.2) is 0 Å². The topological polar surface area (TPSA) is 62.2 Å². The lowest BCUT2D eigenvalue weighted by Crippen LogP contribution is -2.49. The number of methoxy groups -OCH3 is 1. The van der Waals surface area contributed by atoms with Crippen molar-refractivity contribution in [3.05, 3.63) is 105 Å². The third-order valence-corrected chi connectivity index (χ3v) is 9.36. The number of sulfonamides is 1. The summed E-state index contributed by atoms with van der Waals surface area (Å²) in [5.41, 5.74) is 2.33. The molecule has 0 spiro atoms. The summed E-state index contributed by atoms with van der Waals surface area (Å²) in [5.74, 6) is 1.27. The molecule has 0 saturated carbocycles. The number of benzene rings is 3. The van der Waals surface area contributed by atoms with Gasteiger partial charge in [-0.3, -0.25) is 0 Å². The van der Waals surface area contributed by atoms with E-state index in [1.165, 1.54) is 0 Å². The summed E-state index contributed by atoms with van der Waals surface area (Å²) in [6, 6.07) is 25.3. The van der Waals surface area contributed by atoms with E-state index in [0.29, 0.717) is 35.3 Å². The van der Waals surface area contributed by atoms with E-state index in [4.69, 9.17) is 4.74 Å². The summed E-state index contributed by atoms with van der Waals surface area (Å²) in [6.45, 7) is 5.34. The molecule has 3 aromatic rings. The second-order valence-corrected chi connectivity index (χ2v) is 11.7. The minimum atomic E-state index is -4.00. The molecule has 0 amide bonds. The molecule has 2 heterocycles. The SMILES string of the molecule is CCN(CC)C1=NS(=O)(=O)C2=C(c3ccc(Br)cc3)N(C)[C@@H](c3ccccc3)[C@@]12c1ccc(OC)cc1. The van der Waals surface area contributed by atoms with Gasteiger partial charge < -0.3 is 14.5 Å². The van der Waals surface area contributed by atoms with Gasteiger partial charge in [0.15, 0.2) is 0 Å². The maximum absolute atomic E-state index is 14.1. The molecule has 0 fully saturated rings. The van der Waals surface area contributed by atoms with E-state index in [0.717, 1.165) is 21.2 Å². The Kier molecular flexibility index (Phi) is 6.66. The summed E-state index contributed by atoms with van der Waals surface area (Å²) < 4.78 is 39.2. The number of likely N-dealkylation sites (N-methyl/N-ethyl adjacent to an activating group) is 2. The van der Waals surface area contributed by atoms with Gasteiger partial charge in [-0.2, -0.15) is 8.42 Å². The van der Waals surface area contributed by atoms with Crippen molar-refractivity contribution < 1.29 is 13.2 Å². The van der Waals surface area contributed by atoms with Crippen LogP contribution in [0.1, 0.15) is 36.6 Å². The molecular formula is C29H30BrN3O3S. The summed E-state index contributed by atoms with van der Waals surface area (Å²) in [7, 11) is -0.385. The van der Waals surface area contributed by atoms with Crippen molar-refractivity contribution in [1.82, 2.24) is 9.80 Å². The molecular weight excluding hydrogens is 550 g/mol. The van der Waals surface area contributed by atoms with Crippen LogP contribution in [0, 0.1) is 0 Å². The zero-order valence-corrected chi connectivity index (χ0v) is 23.8. The number of hydrogen-bond acceptors (Lipinski definition) is 5. The Morgan fingerprint density at radius 3 is 2.16 bits per heavy atom. The van der Waals surface area contributed by atoms with E-state index < -0.39 is 15.4 Å². The number of ether oxygens (including phenoxy) is 1. The van der Waals surface area contributed by atoms with Crippen molar-refractivity contribution in [2.45, 2.75) is 25.3 Å². The summed E-state index contributed by atoms with van der Waals surface area (Å²) in [4.78, 5) is 4.52. The molecule has 6 nitrogen and oxygen atoms in total. The lowest BCUT2D eigenvalue weighted by atomic mass is 9.71. The second kappa shape index (κ2) is 9.65. The molecule has 0 N–H and O–H groups in total. The maximum Gasteiger partial charge on any atom is 0.283 e. The van der Waals surface area contributed by atoms with Crippen LogP contribution in [-0.2, 0) is 15.4 Å². The quantitative estimate of drug-likeness (QED) is 0.367. The standard InChI is InChI=1S/C29H30BrN3O3S/c1-5-33(6-2)28-29(22-14-18-24(36-4)19-15-22)26(21-10-8-7-9-11-21)32(3)25(27(29)37(34,35)31-28)20-12-16-23(30)17-13-20/h7-19,26H,5-6H2,1-4H3/t26-,29+/m0/s1. The first-order valence-corrected chi connectivity index (χ1v) is 14.6. The van der Waals surface area contributed by atoms with Crippen LogP contribution in [0.5, 0.6) is 5.75 Å². The third kappa shape index (κ3) is 3.89. The lowest BCUT2D eigenvalue weighted by Gasteiger charge is -2.41. The fourth-order valence-corrected chi connectivity index (χ4v) is 7.90. The number of nitrogens with zero attached hydrogens (tertiary/aromatic N) is 3. The van der Waals surface area contributed by atoms with Crippen LogP contribution in [0.25, 0.3) is 5.70 Å².